The van der Waals surface area contributed by atoms with Gasteiger partial charge in [0.05, 0.1) is 17.2 Å². The molecule has 1 aromatic rings. The smallest absolute Gasteiger partial charge is 0.328 e. The lowest BCUT2D eigenvalue weighted by atomic mass is 9.89. The first-order valence-corrected chi connectivity index (χ1v) is 7.88. The first-order valence-electron chi connectivity index (χ1n) is 7.50. The number of ether oxygens (including phenoxy) is 1. The topological polar surface area (TPSA) is 66.8 Å². The zero-order valence-electron chi connectivity index (χ0n) is 12.1. The maximum Gasteiger partial charge on any atom is 0.328 e. The summed E-state index contributed by atoms with van der Waals surface area (Å²) in [6.07, 6.45) is 4.29. The van der Waals surface area contributed by atoms with Crippen molar-refractivity contribution in [3.05, 3.63) is 34.9 Å². The van der Waals surface area contributed by atoms with Crippen molar-refractivity contribution in [2.75, 3.05) is 6.61 Å². The summed E-state index contributed by atoms with van der Waals surface area (Å²) >= 11 is 6.12. The van der Waals surface area contributed by atoms with E-state index in [1.165, 1.54) is 4.90 Å². The van der Waals surface area contributed by atoms with Crippen molar-refractivity contribution in [3.63, 3.8) is 0 Å². The molecule has 0 bridgehead atoms. The molecule has 2 aliphatic rings. The number of nitrogens with zero attached hydrogens (tertiary/aromatic N) is 1. The van der Waals surface area contributed by atoms with Crippen LogP contribution in [0, 0.1) is 0 Å². The summed E-state index contributed by atoms with van der Waals surface area (Å²) < 4.78 is 5.83. The number of amides is 1. The standard InChI is InChI=1S/C16H18ClNO4/c17-12-7-3-2-6-11(12)14(19)18-13(15(20)21)10-22-16(18)8-4-1-5-9-16/h2-3,6-7,13H,1,4-5,8-10H2,(H,20,21)/t13-/m1/s1. The molecule has 0 aromatic heterocycles. The lowest BCUT2D eigenvalue weighted by Crippen LogP contribution is -2.54. The molecule has 118 valence electrons. The van der Waals surface area contributed by atoms with Gasteiger partial charge in [0.2, 0.25) is 0 Å². The van der Waals surface area contributed by atoms with Crippen LogP contribution >= 0.6 is 11.6 Å². The van der Waals surface area contributed by atoms with Gasteiger partial charge < -0.3 is 9.84 Å². The average molecular weight is 324 g/mol. The van der Waals surface area contributed by atoms with E-state index >= 15 is 0 Å². The Morgan fingerprint density at radius 2 is 1.91 bits per heavy atom. The quantitative estimate of drug-likeness (QED) is 0.908. The fourth-order valence-corrected chi connectivity index (χ4v) is 3.64. The predicted molar refractivity (Wildman–Crippen MR) is 80.8 cm³/mol. The van der Waals surface area contributed by atoms with Gasteiger partial charge in [-0.3, -0.25) is 9.69 Å². The molecule has 0 radical (unpaired) electrons. The second-order valence-electron chi connectivity index (χ2n) is 5.83. The Labute approximate surface area is 133 Å². The lowest BCUT2D eigenvalue weighted by molar-refractivity contribution is -0.143. The van der Waals surface area contributed by atoms with Gasteiger partial charge in [-0.1, -0.05) is 30.2 Å². The number of halogens is 1. The minimum atomic E-state index is -1.04. The minimum absolute atomic E-state index is 0.0333. The summed E-state index contributed by atoms with van der Waals surface area (Å²) in [7, 11) is 0. The minimum Gasteiger partial charge on any atom is -0.480 e. The van der Waals surface area contributed by atoms with Crippen LogP contribution in [0.1, 0.15) is 42.5 Å². The van der Waals surface area contributed by atoms with Crippen molar-refractivity contribution in [1.82, 2.24) is 4.90 Å². The first kappa shape index (κ1) is 15.3. The maximum atomic E-state index is 13.0. The fraction of sp³-hybridized carbons (Fsp3) is 0.500. The number of carbonyl (C=O) groups excluding carboxylic acids is 1. The summed E-state index contributed by atoms with van der Waals surface area (Å²) in [5.74, 6) is -1.40. The predicted octanol–water partition coefficient (Wildman–Crippen LogP) is 2.93. The van der Waals surface area contributed by atoms with Crippen molar-refractivity contribution >= 4 is 23.5 Å². The van der Waals surface area contributed by atoms with Crippen LogP contribution in [0.4, 0.5) is 0 Å². The van der Waals surface area contributed by atoms with Gasteiger partial charge in [0.25, 0.3) is 5.91 Å². The summed E-state index contributed by atoms with van der Waals surface area (Å²) in [5.41, 5.74) is -0.469. The van der Waals surface area contributed by atoms with Gasteiger partial charge in [0, 0.05) is 0 Å². The number of carboxylic acids is 1. The second-order valence-corrected chi connectivity index (χ2v) is 6.23. The summed E-state index contributed by atoms with van der Waals surface area (Å²) in [6.45, 7) is 0.0333. The van der Waals surface area contributed by atoms with Crippen molar-refractivity contribution in [2.24, 2.45) is 0 Å². The SMILES string of the molecule is O=C(O)[C@H]1COC2(CCCCC2)N1C(=O)c1ccccc1Cl. The van der Waals surface area contributed by atoms with Crippen LogP contribution in [0.15, 0.2) is 24.3 Å². The number of benzene rings is 1. The van der Waals surface area contributed by atoms with E-state index < -0.39 is 17.7 Å². The Morgan fingerprint density at radius 3 is 2.55 bits per heavy atom. The summed E-state index contributed by atoms with van der Waals surface area (Å²) in [4.78, 5) is 25.9. The zero-order chi connectivity index (χ0) is 15.7. The number of carboxylic acid groups (broad SMARTS) is 1. The molecule has 2 fully saturated rings. The van der Waals surface area contributed by atoms with Crippen LogP contribution in [-0.4, -0.2) is 40.3 Å². The van der Waals surface area contributed by atoms with E-state index in [0.29, 0.717) is 23.4 Å². The van der Waals surface area contributed by atoms with E-state index in [1.807, 2.05) is 0 Å². The van der Waals surface area contributed by atoms with E-state index in [0.717, 1.165) is 19.3 Å². The highest BCUT2D eigenvalue weighted by molar-refractivity contribution is 6.33. The molecule has 22 heavy (non-hydrogen) atoms. The van der Waals surface area contributed by atoms with Crippen molar-refractivity contribution in [2.45, 2.75) is 43.9 Å². The van der Waals surface area contributed by atoms with Crippen LogP contribution < -0.4 is 0 Å². The largest absolute Gasteiger partial charge is 0.480 e. The molecule has 1 aliphatic carbocycles. The highest BCUT2D eigenvalue weighted by Gasteiger charge is 2.53. The fourth-order valence-electron chi connectivity index (χ4n) is 3.42. The molecule has 1 saturated carbocycles. The molecule has 3 rings (SSSR count). The number of aliphatic carboxylic acids is 1. The Kier molecular flexibility index (Phi) is 4.10. The molecular weight excluding hydrogens is 306 g/mol. The van der Waals surface area contributed by atoms with Gasteiger partial charge in [-0.2, -0.15) is 0 Å². The molecular formula is C16H18ClNO4. The average Bonchev–Trinajstić information content (AvgIpc) is 2.87. The Bertz CT molecular complexity index is 598. The van der Waals surface area contributed by atoms with Gasteiger partial charge in [-0.05, 0) is 37.8 Å². The van der Waals surface area contributed by atoms with E-state index in [1.54, 1.807) is 24.3 Å². The second kappa shape index (κ2) is 5.89. The van der Waals surface area contributed by atoms with Gasteiger partial charge in [-0.25, -0.2) is 4.79 Å². The van der Waals surface area contributed by atoms with Gasteiger partial charge in [0.15, 0.2) is 6.04 Å². The first-order chi connectivity index (χ1) is 10.6. The normalized spacial score (nSPS) is 23.7. The van der Waals surface area contributed by atoms with Crippen LogP contribution in [0.2, 0.25) is 5.02 Å². The molecule has 5 nitrogen and oxygen atoms in total. The van der Waals surface area contributed by atoms with Crippen LogP contribution in [0.5, 0.6) is 0 Å². The van der Waals surface area contributed by atoms with Gasteiger partial charge >= 0.3 is 5.97 Å². The molecule has 1 aromatic carbocycles. The maximum absolute atomic E-state index is 13.0. The van der Waals surface area contributed by atoms with Gasteiger partial charge in [-0.15, -0.1) is 0 Å². The van der Waals surface area contributed by atoms with Crippen molar-refractivity contribution < 1.29 is 19.4 Å². The molecule has 1 heterocycles. The third-order valence-corrected chi connectivity index (χ3v) is 4.83. The summed E-state index contributed by atoms with van der Waals surface area (Å²) in [6, 6.07) is 5.76. The lowest BCUT2D eigenvalue weighted by Gasteiger charge is -2.41. The number of hydrogen-bond donors (Lipinski definition) is 1. The summed E-state index contributed by atoms with van der Waals surface area (Å²) in [5, 5.41) is 9.78. The van der Waals surface area contributed by atoms with Crippen molar-refractivity contribution in [1.29, 1.82) is 0 Å². The zero-order valence-corrected chi connectivity index (χ0v) is 12.9. The molecule has 0 unspecified atom stereocenters. The third kappa shape index (κ3) is 2.48. The molecule has 1 saturated heterocycles. The monoisotopic (exact) mass is 323 g/mol. The highest BCUT2D eigenvalue weighted by Crippen LogP contribution is 2.41. The molecule has 1 aliphatic heterocycles. The van der Waals surface area contributed by atoms with Crippen LogP contribution in [-0.2, 0) is 9.53 Å². The van der Waals surface area contributed by atoms with Crippen LogP contribution in [0.3, 0.4) is 0 Å². The van der Waals surface area contributed by atoms with Gasteiger partial charge in [0.1, 0.15) is 5.72 Å². The molecule has 1 N–H and O–H groups in total. The number of hydrogen-bond acceptors (Lipinski definition) is 3. The number of rotatable bonds is 2. The molecule has 1 atom stereocenters. The van der Waals surface area contributed by atoms with E-state index in [9.17, 15) is 14.7 Å². The Morgan fingerprint density at radius 1 is 1.23 bits per heavy atom. The molecule has 1 amide bonds. The Hall–Kier alpha value is -1.59. The third-order valence-electron chi connectivity index (χ3n) is 4.50. The van der Waals surface area contributed by atoms with Crippen molar-refractivity contribution in [3.8, 4) is 0 Å². The highest BCUT2D eigenvalue weighted by atomic mass is 35.5. The van der Waals surface area contributed by atoms with Crippen LogP contribution in [0.25, 0.3) is 0 Å². The number of carbonyl (C=O) groups is 2. The Balaban J connectivity index is 2.00. The van der Waals surface area contributed by atoms with E-state index in [-0.39, 0.29) is 12.5 Å². The van der Waals surface area contributed by atoms with E-state index in [4.69, 9.17) is 16.3 Å². The van der Waals surface area contributed by atoms with E-state index in [2.05, 4.69) is 0 Å². The molecule has 1 spiro atoms. The molecule has 6 heteroatoms.